The van der Waals surface area contributed by atoms with Crippen molar-refractivity contribution in [3.05, 3.63) is 23.9 Å². The van der Waals surface area contributed by atoms with E-state index in [1.54, 1.807) is 18.3 Å². The van der Waals surface area contributed by atoms with Crippen LogP contribution in [0.4, 0.5) is 5.82 Å². The van der Waals surface area contributed by atoms with Crippen molar-refractivity contribution in [2.24, 2.45) is 5.92 Å². The van der Waals surface area contributed by atoms with Crippen molar-refractivity contribution in [2.45, 2.75) is 45.6 Å². The van der Waals surface area contributed by atoms with Crippen LogP contribution in [0.15, 0.2) is 18.3 Å². The zero-order valence-corrected chi connectivity index (χ0v) is 11.7. The minimum absolute atomic E-state index is 0.304. The van der Waals surface area contributed by atoms with Crippen LogP contribution >= 0.6 is 0 Å². The molecule has 0 amide bonds. The number of ether oxygens (including phenoxy) is 1. The first-order chi connectivity index (χ1) is 9.20. The molecule has 0 aromatic carbocycles. The smallest absolute Gasteiger partial charge is 0.341 e. The van der Waals surface area contributed by atoms with Crippen molar-refractivity contribution < 1.29 is 9.53 Å². The number of hydrogen-bond acceptors (Lipinski definition) is 4. The Labute approximate surface area is 114 Å². The molecule has 0 radical (unpaired) electrons. The molecule has 1 aromatic rings. The van der Waals surface area contributed by atoms with Gasteiger partial charge in [0.1, 0.15) is 11.4 Å². The Balaban J connectivity index is 2.09. The third-order valence-corrected chi connectivity index (χ3v) is 3.58. The van der Waals surface area contributed by atoms with Gasteiger partial charge in [0.2, 0.25) is 0 Å². The highest BCUT2D eigenvalue weighted by Gasteiger charge is 2.21. The molecule has 2 unspecified atom stereocenters. The standard InChI is InChI=1S/C15H22N2O2/c1-3-19-15(18)13-8-5-9-16-14(13)17-12-7-4-6-11(2)10-12/h5,8-9,11-12H,3-4,6-7,10H2,1-2H3,(H,16,17). The van der Waals surface area contributed by atoms with Crippen LogP contribution < -0.4 is 5.32 Å². The molecule has 0 saturated heterocycles. The van der Waals surface area contributed by atoms with Crippen molar-refractivity contribution in [3.63, 3.8) is 0 Å². The van der Waals surface area contributed by atoms with Gasteiger partial charge in [0.25, 0.3) is 0 Å². The fourth-order valence-electron chi connectivity index (χ4n) is 2.65. The number of carbonyl (C=O) groups excluding carboxylic acids is 1. The van der Waals surface area contributed by atoms with E-state index in [0.717, 1.165) is 18.8 Å². The van der Waals surface area contributed by atoms with Crippen LogP contribution in [0.3, 0.4) is 0 Å². The molecule has 1 N–H and O–H groups in total. The van der Waals surface area contributed by atoms with Crippen LogP contribution in [-0.4, -0.2) is 23.6 Å². The molecule has 19 heavy (non-hydrogen) atoms. The van der Waals surface area contributed by atoms with E-state index in [4.69, 9.17) is 4.74 Å². The minimum Gasteiger partial charge on any atom is -0.462 e. The van der Waals surface area contributed by atoms with Gasteiger partial charge in [0.05, 0.1) is 6.61 Å². The number of pyridine rings is 1. The SMILES string of the molecule is CCOC(=O)c1cccnc1NC1CCCC(C)C1. The number of nitrogens with one attached hydrogen (secondary N) is 1. The summed E-state index contributed by atoms with van der Waals surface area (Å²) < 4.78 is 5.06. The lowest BCUT2D eigenvalue weighted by atomic mass is 9.87. The van der Waals surface area contributed by atoms with E-state index in [0.29, 0.717) is 24.0 Å². The topological polar surface area (TPSA) is 51.2 Å². The van der Waals surface area contributed by atoms with Crippen molar-refractivity contribution in [2.75, 3.05) is 11.9 Å². The van der Waals surface area contributed by atoms with E-state index in [1.165, 1.54) is 12.8 Å². The molecule has 2 rings (SSSR count). The molecular weight excluding hydrogens is 240 g/mol. The van der Waals surface area contributed by atoms with Gasteiger partial charge in [-0.25, -0.2) is 9.78 Å². The zero-order chi connectivity index (χ0) is 13.7. The Morgan fingerprint density at radius 2 is 2.37 bits per heavy atom. The van der Waals surface area contributed by atoms with Crippen molar-refractivity contribution in [1.29, 1.82) is 0 Å². The van der Waals surface area contributed by atoms with Crippen molar-refractivity contribution in [1.82, 2.24) is 4.98 Å². The maximum atomic E-state index is 11.9. The molecule has 2 atom stereocenters. The molecule has 0 aliphatic heterocycles. The third kappa shape index (κ3) is 3.69. The average molecular weight is 262 g/mol. The van der Waals surface area contributed by atoms with Gasteiger partial charge in [-0.3, -0.25) is 0 Å². The van der Waals surface area contributed by atoms with Gasteiger partial charge < -0.3 is 10.1 Å². The number of anilines is 1. The van der Waals surface area contributed by atoms with Crippen LogP contribution in [0.2, 0.25) is 0 Å². The first-order valence-corrected chi connectivity index (χ1v) is 7.09. The van der Waals surface area contributed by atoms with Crippen LogP contribution in [0.25, 0.3) is 0 Å². The Morgan fingerprint density at radius 3 is 3.11 bits per heavy atom. The molecule has 1 saturated carbocycles. The molecule has 0 bridgehead atoms. The first-order valence-electron chi connectivity index (χ1n) is 7.09. The maximum absolute atomic E-state index is 11.9. The molecule has 4 nitrogen and oxygen atoms in total. The van der Waals surface area contributed by atoms with Gasteiger partial charge in [-0.05, 0) is 37.8 Å². The first kappa shape index (κ1) is 13.8. The lowest BCUT2D eigenvalue weighted by Crippen LogP contribution is -2.27. The van der Waals surface area contributed by atoms with Crippen LogP contribution in [0, 0.1) is 5.92 Å². The average Bonchev–Trinajstić information content (AvgIpc) is 2.39. The molecule has 1 aliphatic carbocycles. The van der Waals surface area contributed by atoms with Gasteiger partial charge in [-0.15, -0.1) is 0 Å². The molecule has 1 aliphatic rings. The van der Waals surface area contributed by atoms with E-state index >= 15 is 0 Å². The summed E-state index contributed by atoms with van der Waals surface area (Å²) in [5.41, 5.74) is 0.530. The summed E-state index contributed by atoms with van der Waals surface area (Å²) in [7, 11) is 0. The van der Waals surface area contributed by atoms with E-state index in [1.807, 2.05) is 6.92 Å². The Morgan fingerprint density at radius 1 is 1.53 bits per heavy atom. The molecular formula is C15H22N2O2. The van der Waals surface area contributed by atoms with E-state index < -0.39 is 0 Å². The highest BCUT2D eigenvalue weighted by molar-refractivity contribution is 5.94. The van der Waals surface area contributed by atoms with Crippen molar-refractivity contribution >= 4 is 11.8 Å². The van der Waals surface area contributed by atoms with Gasteiger partial charge in [-0.1, -0.05) is 19.8 Å². The van der Waals surface area contributed by atoms with E-state index in [9.17, 15) is 4.79 Å². The molecule has 1 fully saturated rings. The molecule has 0 spiro atoms. The fourth-order valence-corrected chi connectivity index (χ4v) is 2.65. The quantitative estimate of drug-likeness (QED) is 0.846. The second-order valence-corrected chi connectivity index (χ2v) is 5.23. The third-order valence-electron chi connectivity index (χ3n) is 3.58. The van der Waals surface area contributed by atoms with Gasteiger partial charge >= 0.3 is 5.97 Å². The van der Waals surface area contributed by atoms with Crippen LogP contribution in [-0.2, 0) is 4.74 Å². The largest absolute Gasteiger partial charge is 0.462 e. The van der Waals surface area contributed by atoms with E-state index in [2.05, 4.69) is 17.2 Å². The lowest BCUT2D eigenvalue weighted by molar-refractivity contribution is 0.0527. The van der Waals surface area contributed by atoms with Crippen LogP contribution in [0.5, 0.6) is 0 Å². The summed E-state index contributed by atoms with van der Waals surface area (Å²) >= 11 is 0. The molecule has 1 aromatic heterocycles. The predicted octanol–water partition coefficient (Wildman–Crippen LogP) is 3.25. The normalized spacial score (nSPS) is 22.8. The zero-order valence-electron chi connectivity index (χ0n) is 11.7. The summed E-state index contributed by atoms with van der Waals surface area (Å²) in [4.78, 5) is 16.2. The predicted molar refractivity (Wildman–Crippen MR) is 75.2 cm³/mol. The molecule has 104 valence electrons. The van der Waals surface area contributed by atoms with Gasteiger partial charge in [0, 0.05) is 12.2 Å². The summed E-state index contributed by atoms with van der Waals surface area (Å²) in [6.45, 7) is 4.47. The number of hydrogen-bond donors (Lipinski definition) is 1. The summed E-state index contributed by atoms with van der Waals surface area (Å²) in [6, 6.07) is 3.94. The number of carbonyl (C=O) groups is 1. The number of nitrogens with zero attached hydrogens (tertiary/aromatic N) is 1. The molecule has 1 heterocycles. The lowest BCUT2D eigenvalue weighted by Gasteiger charge is -2.28. The Kier molecular flexibility index (Phi) is 4.77. The number of aromatic nitrogens is 1. The highest BCUT2D eigenvalue weighted by Crippen LogP contribution is 2.26. The molecule has 4 heteroatoms. The van der Waals surface area contributed by atoms with Crippen LogP contribution in [0.1, 0.15) is 49.9 Å². The highest BCUT2D eigenvalue weighted by atomic mass is 16.5. The maximum Gasteiger partial charge on any atom is 0.341 e. The van der Waals surface area contributed by atoms with Gasteiger partial charge in [0.15, 0.2) is 0 Å². The summed E-state index contributed by atoms with van der Waals surface area (Å²) in [5, 5.41) is 3.41. The number of esters is 1. The monoisotopic (exact) mass is 262 g/mol. The second kappa shape index (κ2) is 6.55. The minimum atomic E-state index is -0.304. The second-order valence-electron chi connectivity index (χ2n) is 5.23. The fraction of sp³-hybridized carbons (Fsp3) is 0.600. The van der Waals surface area contributed by atoms with Gasteiger partial charge in [-0.2, -0.15) is 0 Å². The number of rotatable bonds is 4. The summed E-state index contributed by atoms with van der Waals surface area (Å²) in [6.07, 6.45) is 6.52. The Bertz CT molecular complexity index is 434. The Hall–Kier alpha value is -1.58. The van der Waals surface area contributed by atoms with E-state index in [-0.39, 0.29) is 5.97 Å². The van der Waals surface area contributed by atoms with Crippen molar-refractivity contribution in [3.8, 4) is 0 Å². The summed E-state index contributed by atoms with van der Waals surface area (Å²) in [5.74, 6) is 1.09.